The van der Waals surface area contributed by atoms with Crippen LogP contribution in [0.4, 0.5) is 0 Å². The van der Waals surface area contributed by atoms with Crippen LogP contribution in [0.2, 0.25) is 0 Å². The number of hydrogen-bond donors (Lipinski definition) is 3. The molecule has 0 radical (unpaired) electrons. The summed E-state index contributed by atoms with van der Waals surface area (Å²) >= 11 is 0. The highest BCUT2D eigenvalue weighted by molar-refractivity contribution is 6.04. The molecule has 6 heteroatoms. The largest absolute Gasteiger partial charge is 0.508 e. The lowest BCUT2D eigenvalue weighted by atomic mass is 10.0. The number of aromatic hydroxyl groups is 2. The van der Waals surface area contributed by atoms with Crippen molar-refractivity contribution in [1.29, 1.82) is 5.26 Å². The van der Waals surface area contributed by atoms with Crippen molar-refractivity contribution in [2.75, 3.05) is 0 Å². The number of hydrogen-bond acceptors (Lipinski definition) is 5. The fourth-order valence-corrected chi connectivity index (χ4v) is 2.01. The molecule has 2 rings (SSSR count). The maximum atomic E-state index is 12.2. The molecule has 0 bridgehead atoms. The maximum Gasteiger partial charge on any atom is 0.255 e. The molecule has 2 aromatic carbocycles. The first kappa shape index (κ1) is 16.0. The van der Waals surface area contributed by atoms with E-state index in [9.17, 15) is 19.8 Å². The van der Waals surface area contributed by atoms with E-state index in [4.69, 9.17) is 5.26 Å². The molecule has 3 N–H and O–H groups in total. The molecule has 0 aliphatic rings. The minimum atomic E-state index is -0.818. The zero-order valence-electron chi connectivity index (χ0n) is 12.3. The average Bonchev–Trinajstić information content (AvgIpc) is 2.54. The molecule has 2 aromatic rings. The van der Waals surface area contributed by atoms with Crippen molar-refractivity contribution in [3.05, 3.63) is 59.2 Å². The van der Waals surface area contributed by atoms with Gasteiger partial charge in [-0.25, -0.2) is 0 Å². The van der Waals surface area contributed by atoms with Crippen LogP contribution >= 0.6 is 0 Å². The molecule has 116 valence electrons. The molecule has 0 aromatic heterocycles. The van der Waals surface area contributed by atoms with Gasteiger partial charge in [0, 0.05) is 5.56 Å². The van der Waals surface area contributed by atoms with E-state index < -0.39 is 11.9 Å². The number of rotatable bonds is 4. The molecular formula is C17H14N2O4. The molecule has 0 aliphatic carbocycles. The van der Waals surface area contributed by atoms with E-state index in [0.29, 0.717) is 5.56 Å². The van der Waals surface area contributed by atoms with E-state index >= 15 is 0 Å². The fourth-order valence-electron chi connectivity index (χ4n) is 2.01. The third kappa shape index (κ3) is 3.66. The van der Waals surface area contributed by atoms with Gasteiger partial charge in [-0.05, 0) is 49.4 Å². The first-order valence-electron chi connectivity index (χ1n) is 6.79. The molecule has 23 heavy (non-hydrogen) atoms. The van der Waals surface area contributed by atoms with Gasteiger partial charge in [0.2, 0.25) is 0 Å². The summed E-state index contributed by atoms with van der Waals surface area (Å²) in [5.74, 6) is -1.23. The maximum absolute atomic E-state index is 12.2. The van der Waals surface area contributed by atoms with Gasteiger partial charge in [0.25, 0.3) is 5.91 Å². The number of nitriles is 1. The van der Waals surface area contributed by atoms with Crippen LogP contribution < -0.4 is 5.32 Å². The van der Waals surface area contributed by atoms with Gasteiger partial charge in [-0.3, -0.25) is 9.59 Å². The normalized spacial score (nSPS) is 11.3. The molecule has 0 aliphatic heterocycles. The number of Topliss-reactive ketones (excluding diaryl/α,β-unsaturated/α-hetero) is 1. The Morgan fingerprint density at radius 3 is 2.35 bits per heavy atom. The number of nitrogens with one attached hydrogen (secondary N) is 1. The van der Waals surface area contributed by atoms with E-state index in [0.717, 1.165) is 0 Å². The van der Waals surface area contributed by atoms with Gasteiger partial charge in [0.15, 0.2) is 5.78 Å². The van der Waals surface area contributed by atoms with Crippen LogP contribution in [0.3, 0.4) is 0 Å². The van der Waals surface area contributed by atoms with Gasteiger partial charge in [-0.1, -0.05) is 0 Å². The summed E-state index contributed by atoms with van der Waals surface area (Å²) in [6, 6.07) is 10.6. The van der Waals surface area contributed by atoms with Crippen molar-refractivity contribution < 1.29 is 19.8 Å². The molecule has 0 spiro atoms. The van der Waals surface area contributed by atoms with Crippen molar-refractivity contribution >= 4 is 11.7 Å². The van der Waals surface area contributed by atoms with E-state index in [1.54, 1.807) is 0 Å². The molecule has 0 fully saturated rings. The number of nitrogens with zero attached hydrogens (tertiary/aromatic N) is 1. The standard InChI is InChI=1S/C17H14N2O4/c1-10(16(22)12-3-5-13(20)6-4-12)19-17(23)14-7-2-11(9-18)8-15(14)21/h2-8,10,20-21H,1H3,(H,19,23)/t10-/m0/s1. The number of ketones is 1. The Balaban J connectivity index is 2.12. The summed E-state index contributed by atoms with van der Waals surface area (Å²) in [5.41, 5.74) is 0.557. The van der Waals surface area contributed by atoms with Gasteiger partial charge < -0.3 is 15.5 Å². The number of phenolic OH excluding ortho intramolecular Hbond substituents is 2. The lowest BCUT2D eigenvalue weighted by Crippen LogP contribution is -2.38. The van der Waals surface area contributed by atoms with Crippen LogP contribution in [0.5, 0.6) is 11.5 Å². The zero-order chi connectivity index (χ0) is 17.0. The number of carbonyl (C=O) groups is 2. The van der Waals surface area contributed by atoms with Gasteiger partial charge in [-0.15, -0.1) is 0 Å². The molecule has 0 saturated heterocycles. The van der Waals surface area contributed by atoms with Crippen LogP contribution in [0.1, 0.15) is 33.2 Å². The number of amides is 1. The predicted octanol–water partition coefficient (Wildman–Crippen LogP) is 1.97. The van der Waals surface area contributed by atoms with Crippen LogP contribution in [0, 0.1) is 11.3 Å². The van der Waals surface area contributed by atoms with Crippen molar-refractivity contribution in [2.45, 2.75) is 13.0 Å². The van der Waals surface area contributed by atoms with Gasteiger partial charge in [0.05, 0.1) is 23.2 Å². The van der Waals surface area contributed by atoms with Crippen LogP contribution in [0.15, 0.2) is 42.5 Å². The molecule has 0 heterocycles. The van der Waals surface area contributed by atoms with Crippen molar-refractivity contribution in [3.63, 3.8) is 0 Å². The molecular weight excluding hydrogens is 296 g/mol. The molecule has 0 unspecified atom stereocenters. The summed E-state index contributed by atoms with van der Waals surface area (Å²) < 4.78 is 0. The zero-order valence-corrected chi connectivity index (χ0v) is 12.3. The second-order valence-corrected chi connectivity index (χ2v) is 4.95. The Hall–Kier alpha value is -3.33. The van der Waals surface area contributed by atoms with Gasteiger partial charge in [-0.2, -0.15) is 5.26 Å². The molecule has 1 amide bonds. The lowest BCUT2D eigenvalue weighted by Gasteiger charge is -2.13. The highest BCUT2D eigenvalue weighted by atomic mass is 16.3. The summed E-state index contributed by atoms with van der Waals surface area (Å²) in [6.07, 6.45) is 0. The lowest BCUT2D eigenvalue weighted by molar-refractivity contribution is 0.0864. The van der Waals surface area contributed by atoms with Crippen LogP contribution in [-0.2, 0) is 0 Å². The van der Waals surface area contributed by atoms with Crippen LogP contribution in [-0.4, -0.2) is 27.9 Å². The van der Waals surface area contributed by atoms with E-state index in [1.807, 2.05) is 6.07 Å². The number of phenols is 2. The second kappa shape index (κ2) is 6.62. The van der Waals surface area contributed by atoms with Gasteiger partial charge in [0.1, 0.15) is 11.5 Å². The second-order valence-electron chi connectivity index (χ2n) is 4.95. The third-order valence-corrected chi connectivity index (χ3v) is 3.26. The Morgan fingerprint density at radius 1 is 1.13 bits per heavy atom. The topological polar surface area (TPSA) is 110 Å². The minimum absolute atomic E-state index is 0.0191. The molecule has 0 saturated carbocycles. The summed E-state index contributed by atoms with van der Waals surface area (Å²) in [4.78, 5) is 24.3. The molecule has 6 nitrogen and oxygen atoms in total. The summed E-state index contributed by atoms with van der Waals surface area (Å²) in [6.45, 7) is 1.52. The Bertz CT molecular complexity index is 791. The SMILES string of the molecule is C[C@H](NC(=O)c1ccc(C#N)cc1O)C(=O)c1ccc(O)cc1. The number of carbonyl (C=O) groups excluding carboxylic acids is 2. The average molecular weight is 310 g/mol. The smallest absolute Gasteiger partial charge is 0.255 e. The van der Waals surface area contributed by atoms with E-state index in [2.05, 4.69) is 5.32 Å². The Morgan fingerprint density at radius 2 is 1.78 bits per heavy atom. The summed E-state index contributed by atoms with van der Waals surface area (Å²) in [5, 5.41) is 30.2. The van der Waals surface area contributed by atoms with Crippen molar-refractivity contribution in [3.8, 4) is 17.6 Å². The first-order chi connectivity index (χ1) is 10.9. The van der Waals surface area contributed by atoms with Crippen molar-refractivity contribution in [1.82, 2.24) is 5.32 Å². The monoisotopic (exact) mass is 310 g/mol. The van der Waals surface area contributed by atoms with E-state index in [-0.39, 0.29) is 28.4 Å². The molecule has 1 atom stereocenters. The third-order valence-electron chi connectivity index (χ3n) is 3.26. The van der Waals surface area contributed by atoms with Crippen LogP contribution in [0.25, 0.3) is 0 Å². The Kier molecular flexibility index (Phi) is 4.62. The number of benzene rings is 2. The first-order valence-corrected chi connectivity index (χ1v) is 6.79. The fraction of sp³-hybridized carbons (Fsp3) is 0.118. The van der Waals surface area contributed by atoms with Crippen molar-refractivity contribution in [2.24, 2.45) is 0 Å². The summed E-state index contributed by atoms with van der Waals surface area (Å²) in [7, 11) is 0. The quantitative estimate of drug-likeness (QED) is 0.748. The van der Waals surface area contributed by atoms with E-state index in [1.165, 1.54) is 49.4 Å². The highest BCUT2D eigenvalue weighted by Crippen LogP contribution is 2.19. The minimum Gasteiger partial charge on any atom is -0.508 e. The Labute approximate surface area is 132 Å². The van der Waals surface area contributed by atoms with Gasteiger partial charge >= 0.3 is 0 Å². The highest BCUT2D eigenvalue weighted by Gasteiger charge is 2.20. The predicted molar refractivity (Wildman–Crippen MR) is 82.2 cm³/mol.